The third-order valence-electron chi connectivity index (χ3n) is 2.32. The molecule has 0 aromatic carbocycles. The zero-order valence-corrected chi connectivity index (χ0v) is 9.38. The molecule has 0 aliphatic heterocycles. The van der Waals surface area contributed by atoms with Crippen molar-refractivity contribution < 1.29 is 0 Å². The summed E-state index contributed by atoms with van der Waals surface area (Å²) in [5.74, 6) is 1.60. The van der Waals surface area contributed by atoms with Crippen LogP contribution in [0.1, 0.15) is 24.4 Å². The van der Waals surface area contributed by atoms with Crippen LogP contribution in [0.3, 0.4) is 0 Å². The van der Waals surface area contributed by atoms with E-state index in [0.717, 1.165) is 17.2 Å². The molecule has 82 valence electrons. The number of rotatable bonds is 3. The Morgan fingerprint density at radius 3 is 2.81 bits per heavy atom. The van der Waals surface area contributed by atoms with Crippen LogP contribution in [0, 0.1) is 6.92 Å². The van der Waals surface area contributed by atoms with Crippen molar-refractivity contribution in [3.63, 3.8) is 0 Å². The molecule has 0 fully saturated rings. The van der Waals surface area contributed by atoms with Crippen LogP contribution in [0.2, 0.25) is 0 Å². The van der Waals surface area contributed by atoms with Gasteiger partial charge >= 0.3 is 0 Å². The first kappa shape index (κ1) is 10.5. The Bertz CT molecular complexity index is 456. The predicted molar refractivity (Wildman–Crippen MR) is 63.0 cm³/mol. The van der Waals surface area contributed by atoms with Crippen LogP contribution in [-0.2, 0) is 0 Å². The molecular weight excluding hydrogens is 200 g/mol. The largest absolute Gasteiger partial charge is 0.363 e. The van der Waals surface area contributed by atoms with E-state index in [9.17, 15) is 0 Å². The van der Waals surface area contributed by atoms with Gasteiger partial charge in [0.05, 0.1) is 6.04 Å². The van der Waals surface area contributed by atoms with Crippen LogP contribution in [0.15, 0.2) is 36.8 Å². The van der Waals surface area contributed by atoms with E-state index in [0.29, 0.717) is 0 Å². The highest BCUT2D eigenvalue weighted by molar-refractivity contribution is 5.36. The second-order valence-corrected chi connectivity index (χ2v) is 3.64. The highest BCUT2D eigenvalue weighted by Gasteiger charge is 2.05. The van der Waals surface area contributed by atoms with Crippen molar-refractivity contribution in [1.29, 1.82) is 0 Å². The molecule has 4 nitrogen and oxygen atoms in total. The summed E-state index contributed by atoms with van der Waals surface area (Å²) >= 11 is 0. The monoisotopic (exact) mass is 214 g/mol. The first-order valence-corrected chi connectivity index (χ1v) is 5.22. The Balaban J connectivity index is 2.11. The van der Waals surface area contributed by atoms with E-state index in [2.05, 4.69) is 27.2 Å². The number of pyridine rings is 1. The normalized spacial score (nSPS) is 12.1. The van der Waals surface area contributed by atoms with Gasteiger partial charge in [0, 0.05) is 18.6 Å². The van der Waals surface area contributed by atoms with E-state index in [1.54, 1.807) is 12.4 Å². The van der Waals surface area contributed by atoms with E-state index in [-0.39, 0.29) is 6.04 Å². The van der Waals surface area contributed by atoms with Gasteiger partial charge in [-0.1, -0.05) is 6.07 Å². The van der Waals surface area contributed by atoms with Crippen molar-refractivity contribution in [2.75, 3.05) is 5.32 Å². The van der Waals surface area contributed by atoms with Crippen molar-refractivity contribution in [1.82, 2.24) is 15.0 Å². The van der Waals surface area contributed by atoms with Gasteiger partial charge in [0.2, 0.25) is 0 Å². The lowest BCUT2D eigenvalue weighted by molar-refractivity contribution is 0.859. The minimum absolute atomic E-state index is 0.183. The molecule has 4 heteroatoms. The molecule has 0 amide bonds. The number of hydrogen-bond donors (Lipinski definition) is 1. The van der Waals surface area contributed by atoms with Crippen molar-refractivity contribution in [3.8, 4) is 0 Å². The lowest BCUT2D eigenvalue weighted by Crippen LogP contribution is -2.08. The van der Waals surface area contributed by atoms with Crippen LogP contribution in [0.25, 0.3) is 0 Å². The van der Waals surface area contributed by atoms with Gasteiger partial charge < -0.3 is 5.32 Å². The van der Waals surface area contributed by atoms with Gasteiger partial charge in [0.1, 0.15) is 11.6 Å². The standard InChI is InChI=1S/C12H14N4/c1-9(11-4-3-6-13-8-11)15-12-5-7-14-10(2)16-12/h3-9H,1-2H3,(H,14,15,16). The summed E-state index contributed by atoms with van der Waals surface area (Å²) in [5.41, 5.74) is 1.14. The summed E-state index contributed by atoms with van der Waals surface area (Å²) in [6.45, 7) is 3.95. The summed E-state index contributed by atoms with van der Waals surface area (Å²) in [6.07, 6.45) is 5.37. The Hall–Kier alpha value is -1.97. The molecule has 16 heavy (non-hydrogen) atoms. The second-order valence-electron chi connectivity index (χ2n) is 3.64. The maximum Gasteiger partial charge on any atom is 0.130 e. The Kier molecular flexibility index (Phi) is 3.10. The summed E-state index contributed by atoms with van der Waals surface area (Å²) in [6, 6.07) is 6.01. The minimum atomic E-state index is 0.183. The maximum atomic E-state index is 4.30. The van der Waals surface area contributed by atoms with E-state index in [4.69, 9.17) is 0 Å². The average Bonchev–Trinajstić information content (AvgIpc) is 2.30. The van der Waals surface area contributed by atoms with Crippen molar-refractivity contribution >= 4 is 5.82 Å². The highest BCUT2D eigenvalue weighted by atomic mass is 15.0. The smallest absolute Gasteiger partial charge is 0.130 e. The van der Waals surface area contributed by atoms with Gasteiger partial charge in [0.25, 0.3) is 0 Å². The molecule has 0 saturated heterocycles. The van der Waals surface area contributed by atoms with Gasteiger partial charge in [-0.3, -0.25) is 4.98 Å². The summed E-state index contributed by atoms with van der Waals surface area (Å²) in [4.78, 5) is 12.4. The highest BCUT2D eigenvalue weighted by Crippen LogP contribution is 2.15. The fraction of sp³-hybridized carbons (Fsp3) is 0.250. The summed E-state index contributed by atoms with van der Waals surface area (Å²) < 4.78 is 0. The SMILES string of the molecule is Cc1nccc(NC(C)c2cccnc2)n1. The van der Waals surface area contributed by atoms with Crippen molar-refractivity contribution in [3.05, 3.63) is 48.2 Å². The Morgan fingerprint density at radius 1 is 1.25 bits per heavy atom. The molecule has 0 saturated carbocycles. The zero-order valence-electron chi connectivity index (χ0n) is 9.38. The number of aromatic nitrogens is 3. The average molecular weight is 214 g/mol. The third-order valence-corrected chi connectivity index (χ3v) is 2.32. The molecule has 1 atom stereocenters. The number of aryl methyl sites for hydroxylation is 1. The van der Waals surface area contributed by atoms with E-state index in [1.165, 1.54) is 0 Å². The molecule has 0 spiro atoms. The second kappa shape index (κ2) is 4.70. The third kappa shape index (κ3) is 2.53. The van der Waals surface area contributed by atoms with Crippen LogP contribution in [-0.4, -0.2) is 15.0 Å². The van der Waals surface area contributed by atoms with Crippen LogP contribution in [0.5, 0.6) is 0 Å². The van der Waals surface area contributed by atoms with Crippen LogP contribution >= 0.6 is 0 Å². The molecule has 2 aromatic heterocycles. The van der Waals surface area contributed by atoms with Gasteiger partial charge in [0.15, 0.2) is 0 Å². The van der Waals surface area contributed by atoms with Crippen molar-refractivity contribution in [2.45, 2.75) is 19.9 Å². The number of nitrogens with zero attached hydrogens (tertiary/aromatic N) is 3. The fourth-order valence-electron chi connectivity index (χ4n) is 1.47. The maximum absolute atomic E-state index is 4.30. The lowest BCUT2D eigenvalue weighted by Gasteiger charge is -2.14. The molecule has 0 aliphatic carbocycles. The molecule has 0 aliphatic rings. The molecule has 2 aromatic rings. The predicted octanol–water partition coefficient (Wildman–Crippen LogP) is 2.35. The van der Waals surface area contributed by atoms with Crippen molar-refractivity contribution in [2.24, 2.45) is 0 Å². The van der Waals surface area contributed by atoms with Gasteiger partial charge in [-0.15, -0.1) is 0 Å². The first-order valence-electron chi connectivity index (χ1n) is 5.22. The summed E-state index contributed by atoms with van der Waals surface area (Å²) in [5, 5.41) is 3.31. The van der Waals surface area contributed by atoms with E-state index < -0.39 is 0 Å². The molecule has 2 rings (SSSR count). The van der Waals surface area contributed by atoms with Gasteiger partial charge in [-0.25, -0.2) is 9.97 Å². The molecular formula is C12H14N4. The molecule has 0 radical (unpaired) electrons. The van der Waals surface area contributed by atoms with Crippen LogP contribution < -0.4 is 5.32 Å². The first-order chi connectivity index (χ1) is 7.75. The zero-order chi connectivity index (χ0) is 11.4. The minimum Gasteiger partial charge on any atom is -0.363 e. The van der Waals surface area contributed by atoms with E-state index in [1.807, 2.05) is 31.3 Å². The van der Waals surface area contributed by atoms with Gasteiger partial charge in [-0.2, -0.15) is 0 Å². The summed E-state index contributed by atoms with van der Waals surface area (Å²) in [7, 11) is 0. The molecule has 1 N–H and O–H groups in total. The van der Waals surface area contributed by atoms with Crippen LogP contribution in [0.4, 0.5) is 5.82 Å². The molecule has 1 unspecified atom stereocenters. The molecule has 0 bridgehead atoms. The number of nitrogens with one attached hydrogen (secondary N) is 1. The lowest BCUT2D eigenvalue weighted by atomic mass is 10.1. The topological polar surface area (TPSA) is 50.7 Å². The number of anilines is 1. The number of hydrogen-bond acceptors (Lipinski definition) is 4. The Labute approximate surface area is 94.8 Å². The van der Waals surface area contributed by atoms with E-state index >= 15 is 0 Å². The Morgan fingerprint density at radius 2 is 2.12 bits per heavy atom. The fourth-order valence-corrected chi connectivity index (χ4v) is 1.47. The molecule has 2 heterocycles. The quantitative estimate of drug-likeness (QED) is 0.852. The van der Waals surface area contributed by atoms with Gasteiger partial charge in [-0.05, 0) is 31.5 Å².